The molecule has 3 aromatic carbocycles. The van der Waals surface area contributed by atoms with Crippen LogP contribution in [0.5, 0.6) is 0 Å². The fourth-order valence-electron chi connectivity index (χ4n) is 4.88. The maximum Gasteiger partial charge on any atom is 0.416 e. The molecule has 0 aliphatic carbocycles. The van der Waals surface area contributed by atoms with E-state index in [1.807, 2.05) is 13.0 Å². The zero-order valence-corrected chi connectivity index (χ0v) is 22.8. The Hall–Kier alpha value is -4.97. The molecule has 0 fully saturated rings. The SMILES string of the molecule is Cc1ccc(C(=O)Nc2cccc(C(F)(F)F)c2)cc1Nc1nn(C)c2nc(Nc3ccc4c(c3)CNCC4)ncc12. The Balaban J connectivity index is 1.21. The first kappa shape index (κ1) is 27.2. The molecular formula is C30H27F3N8O. The van der Waals surface area contributed by atoms with Gasteiger partial charge >= 0.3 is 6.18 Å². The van der Waals surface area contributed by atoms with E-state index < -0.39 is 17.6 Å². The van der Waals surface area contributed by atoms with Gasteiger partial charge in [0.15, 0.2) is 11.5 Å². The van der Waals surface area contributed by atoms with E-state index >= 15 is 0 Å². The largest absolute Gasteiger partial charge is 0.416 e. The molecule has 1 aliphatic rings. The summed E-state index contributed by atoms with van der Waals surface area (Å²) in [5, 5.41) is 17.7. The van der Waals surface area contributed by atoms with E-state index in [0.717, 1.165) is 42.9 Å². The third-order valence-electron chi connectivity index (χ3n) is 7.13. The number of carbonyl (C=O) groups excluding carboxylic acids is 1. The first-order chi connectivity index (χ1) is 20.1. The van der Waals surface area contributed by atoms with Gasteiger partial charge in [-0.15, -0.1) is 0 Å². The van der Waals surface area contributed by atoms with Crippen LogP contribution >= 0.6 is 0 Å². The zero-order chi connectivity index (χ0) is 29.4. The molecule has 2 aromatic heterocycles. The minimum atomic E-state index is -4.51. The van der Waals surface area contributed by atoms with Gasteiger partial charge in [0.2, 0.25) is 5.95 Å². The molecule has 0 bridgehead atoms. The fraction of sp³-hybridized carbons (Fsp3) is 0.200. The van der Waals surface area contributed by atoms with Crippen molar-refractivity contribution in [2.24, 2.45) is 7.05 Å². The highest BCUT2D eigenvalue weighted by atomic mass is 19.4. The van der Waals surface area contributed by atoms with Crippen molar-refractivity contribution in [1.82, 2.24) is 25.1 Å². The Morgan fingerprint density at radius 1 is 1.00 bits per heavy atom. The predicted octanol–water partition coefficient (Wildman–Crippen LogP) is 6.08. The molecule has 0 radical (unpaired) electrons. The highest BCUT2D eigenvalue weighted by molar-refractivity contribution is 6.05. The summed E-state index contributed by atoms with van der Waals surface area (Å²) in [5.41, 5.74) is 5.01. The molecule has 0 spiro atoms. The smallest absolute Gasteiger partial charge is 0.338 e. The Morgan fingerprint density at radius 3 is 2.69 bits per heavy atom. The molecule has 4 N–H and O–H groups in total. The standard InChI is InChI=1S/C30H27F3N8O/c1-17-6-7-19(28(42)36-22-5-3-4-21(14-22)30(31,32)33)13-25(17)38-26-24-16-35-29(39-27(24)41(2)40-26)37-23-9-8-18-10-11-34-15-20(18)12-23/h3-9,12-14,16,34H,10-11,15H2,1-2H3,(H,36,42)(H,38,40)(H,35,37,39). The number of hydrogen-bond donors (Lipinski definition) is 4. The van der Waals surface area contributed by atoms with E-state index in [-0.39, 0.29) is 11.3 Å². The Bertz CT molecular complexity index is 1810. The molecular weight excluding hydrogens is 545 g/mol. The summed E-state index contributed by atoms with van der Waals surface area (Å²) in [6.45, 7) is 3.68. The van der Waals surface area contributed by atoms with Crippen LogP contribution in [0.4, 0.5) is 42.0 Å². The number of aryl methyl sites for hydroxylation is 2. The maximum absolute atomic E-state index is 13.1. The van der Waals surface area contributed by atoms with Crippen LogP contribution in [-0.4, -0.2) is 32.2 Å². The van der Waals surface area contributed by atoms with E-state index in [1.54, 1.807) is 36.1 Å². The number of alkyl halides is 3. The molecule has 1 aliphatic heterocycles. The van der Waals surface area contributed by atoms with Gasteiger partial charge in [0.05, 0.1) is 10.9 Å². The molecule has 0 unspecified atom stereocenters. The van der Waals surface area contributed by atoms with E-state index in [1.165, 1.54) is 23.3 Å². The van der Waals surface area contributed by atoms with Gasteiger partial charge in [0, 0.05) is 42.4 Å². The Morgan fingerprint density at radius 2 is 1.86 bits per heavy atom. The molecule has 5 aromatic rings. The van der Waals surface area contributed by atoms with Crippen LogP contribution in [0.2, 0.25) is 0 Å². The average Bonchev–Trinajstić information content (AvgIpc) is 3.28. The van der Waals surface area contributed by atoms with Crippen LogP contribution in [-0.2, 0) is 26.2 Å². The van der Waals surface area contributed by atoms with Gasteiger partial charge in [-0.05, 0) is 79.0 Å². The lowest BCUT2D eigenvalue weighted by Gasteiger charge is -2.18. The molecule has 0 saturated carbocycles. The monoisotopic (exact) mass is 572 g/mol. The number of aromatic nitrogens is 4. The fourth-order valence-corrected chi connectivity index (χ4v) is 4.88. The number of nitrogens with zero attached hydrogens (tertiary/aromatic N) is 4. The van der Waals surface area contributed by atoms with Crippen LogP contribution in [0, 0.1) is 6.92 Å². The molecule has 12 heteroatoms. The zero-order valence-electron chi connectivity index (χ0n) is 22.8. The van der Waals surface area contributed by atoms with Crippen LogP contribution < -0.4 is 21.3 Å². The van der Waals surface area contributed by atoms with Gasteiger partial charge in [-0.1, -0.05) is 18.2 Å². The third kappa shape index (κ3) is 5.61. The number of benzene rings is 3. The quantitative estimate of drug-likeness (QED) is 0.195. The van der Waals surface area contributed by atoms with Crippen molar-refractivity contribution in [3.05, 3.63) is 94.7 Å². The number of fused-ring (bicyclic) bond motifs is 2. The van der Waals surface area contributed by atoms with Crippen LogP contribution in [0.15, 0.2) is 66.9 Å². The van der Waals surface area contributed by atoms with Gasteiger partial charge in [0.25, 0.3) is 5.91 Å². The lowest BCUT2D eigenvalue weighted by atomic mass is 10.0. The summed E-state index contributed by atoms with van der Waals surface area (Å²) >= 11 is 0. The van der Waals surface area contributed by atoms with Crippen molar-refractivity contribution in [2.45, 2.75) is 26.1 Å². The summed E-state index contributed by atoms with van der Waals surface area (Å²) in [5.74, 6) is 0.392. The van der Waals surface area contributed by atoms with Crippen molar-refractivity contribution in [1.29, 1.82) is 0 Å². The summed E-state index contributed by atoms with van der Waals surface area (Å²) in [6, 6.07) is 15.7. The van der Waals surface area contributed by atoms with Gasteiger partial charge in [-0.2, -0.15) is 23.3 Å². The first-order valence-corrected chi connectivity index (χ1v) is 13.3. The van der Waals surface area contributed by atoms with Gasteiger partial charge in [-0.25, -0.2) is 9.67 Å². The second-order valence-electron chi connectivity index (χ2n) is 10.1. The number of nitrogens with one attached hydrogen (secondary N) is 4. The molecule has 1 amide bonds. The number of halogens is 3. The van der Waals surface area contributed by atoms with Crippen molar-refractivity contribution in [3.8, 4) is 0 Å². The van der Waals surface area contributed by atoms with Crippen molar-refractivity contribution in [2.75, 3.05) is 22.5 Å². The topological polar surface area (TPSA) is 109 Å². The number of rotatable bonds is 6. The molecule has 6 rings (SSSR count). The number of hydrogen-bond acceptors (Lipinski definition) is 7. The summed E-state index contributed by atoms with van der Waals surface area (Å²) < 4.78 is 40.9. The third-order valence-corrected chi connectivity index (χ3v) is 7.13. The summed E-state index contributed by atoms with van der Waals surface area (Å²) in [6.07, 6.45) is -1.82. The number of carbonyl (C=O) groups is 1. The highest BCUT2D eigenvalue weighted by Gasteiger charge is 2.30. The second kappa shape index (κ2) is 10.8. The first-order valence-electron chi connectivity index (χ1n) is 13.3. The summed E-state index contributed by atoms with van der Waals surface area (Å²) in [7, 11) is 1.78. The average molecular weight is 573 g/mol. The van der Waals surface area contributed by atoms with E-state index in [4.69, 9.17) is 0 Å². The van der Waals surface area contributed by atoms with Crippen LogP contribution in [0.1, 0.15) is 32.6 Å². The van der Waals surface area contributed by atoms with Crippen LogP contribution in [0.3, 0.4) is 0 Å². The Kier molecular flexibility index (Phi) is 6.99. The maximum atomic E-state index is 13.1. The normalized spacial score (nSPS) is 13.1. The van der Waals surface area contributed by atoms with Gasteiger partial charge in [-0.3, -0.25) is 4.79 Å². The molecule has 0 saturated heterocycles. The molecule has 42 heavy (non-hydrogen) atoms. The molecule has 0 atom stereocenters. The number of anilines is 5. The second-order valence-corrected chi connectivity index (χ2v) is 10.1. The molecule has 9 nitrogen and oxygen atoms in total. The lowest BCUT2D eigenvalue weighted by Crippen LogP contribution is -2.23. The Labute approximate surface area is 239 Å². The lowest BCUT2D eigenvalue weighted by molar-refractivity contribution is -0.137. The van der Waals surface area contributed by atoms with Crippen molar-refractivity contribution in [3.63, 3.8) is 0 Å². The minimum absolute atomic E-state index is 0.0502. The van der Waals surface area contributed by atoms with Gasteiger partial charge < -0.3 is 21.3 Å². The van der Waals surface area contributed by atoms with E-state index in [2.05, 4.69) is 48.5 Å². The molecule has 214 valence electrons. The summed E-state index contributed by atoms with van der Waals surface area (Å²) in [4.78, 5) is 22.1. The van der Waals surface area contributed by atoms with Crippen LogP contribution in [0.25, 0.3) is 11.0 Å². The van der Waals surface area contributed by atoms with Crippen molar-refractivity contribution >= 4 is 45.8 Å². The van der Waals surface area contributed by atoms with E-state index in [0.29, 0.717) is 28.5 Å². The minimum Gasteiger partial charge on any atom is -0.338 e. The van der Waals surface area contributed by atoms with E-state index in [9.17, 15) is 18.0 Å². The van der Waals surface area contributed by atoms with Gasteiger partial charge in [0.1, 0.15) is 0 Å². The number of amides is 1. The van der Waals surface area contributed by atoms with Crippen molar-refractivity contribution < 1.29 is 18.0 Å². The highest BCUT2D eigenvalue weighted by Crippen LogP contribution is 2.31. The molecule has 3 heterocycles. The predicted molar refractivity (Wildman–Crippen MR) is 155 cm³/mol.